The van der Waals surface area contributed by atoms with E-state index >= 15 is 0 Å². The highest BCUT2D eigenvalue weighted by molar-refractivity contribution is 5.95. The number of phenols is 1. The van der Waals surface area contributed by atoms with Crippen LogP contribution < -0.4 is 4.90 Å². The van der Waals surface area contributed by atoms with Crippen LogP contribution in [0.4, 0.5) is 5.69 Å². The van der Waals surface area contributed by atoms with Crippen LogP contribution in [0.25, 0.3) is 10.9 Å². The number of anilines is 1. The first-order valence-electron chi connectivity index (χ1n) is 5.68. The molecule has 2 heterocycles. The van der Waals surface area contributed by atoms with E-state index < -0.39 is 0 Å². The molecule has 0 unspecified atom stereocenters. The number of benzene rings is 1. The number of fused-ring (bicyclic) bond motifs is 1. The molecule has 0 spiro atoms. The maximum atomic E-state index is 9.76. The highest BCUT2D eigenvalue weighted by Gasteiger charge is 2.15. The first-order chi connectivity index (χ1) is 7.86. The highest BCUT2D eigenvalue weighted by Crippen LogP contribution is 2.32. The van der Waals surface area contributed by atoms with Crippen LogP contribution in [0.15, 0.2) is 30.5 Å². The van der Waals surface area contributed by atoms with Gasteiger partial charge in [0.15, 0.2) is 0 Å². The smallest absolute Gasteiger partial charge is 0.141 e. The number of hydrogen-bond donors (Lipinski definition) is 1. The van der Waals surface area contributed by atoms with Crippen molar-refractivity contribution in [1.82, 2.24) is 4.98 Å². The third-order valence-electron chi connectivity index (χ3n) is 3.17. The summed E-state index contributed by atoms with van der Waals surface area (Å²) < 4.78 is 0. The molecular weight excluding hydrogens is 200 g/mol. The Morgan fingerprint density at radius 2 is 1.94 bits per heavy atom. The lowest BCUT2D eigenvalue weighted by molar-refractivity contribution is 0.480. The van der Waals surface area contributed by atoms with Crippen LogP contribution in [-0.4, -0.2) is 23.2 Å². The normalized spacial score (nSPS) is 15.9. The van der Waals surface area contributed by atoms with Gasteiger partial charge in [0, 0.05) is 30.4 Å². The zero-order valence-corrected chi connectivity index (χ0v) is 9.06. The van der Waals surface area contributed by atoms with Crippen LogP contribution >= 0.6 is 0 Å². The second-order valence-electron chi connectivity index (χ2n) is 4.20. The summed E-state index contributed by atoms with van der Waals surface area (Å²) in [6, 6.07) is 7.67. The van der Waals surface area contributed by atoms with Crippen LogP contribution in [0.2, 0.25) is 0 Å². The van der Waals surface area contributed by atoms with Gasteiger partial charge in [-0.05, 0) is 37.1 Å². The van der Waals surface area contributed by atoms with E-state index in [1.54, 1.807) is 12.3 Å². The molecule has 0 amide bonds. The number of nitrogens with zero attached hydrogens (tertiary/aromatic N) is 2. The third kappa shape index (κ3) is 1.40. The molecule has 1 aliphatic heterocycles. The molecule has 0 aliphatic carbocycles. The molecule has 1 fully saturated rings. The molecule has 2 aromatic rings. The fourth-order valence-electron chi connectivity index (χ4n) is 2.38. The van der Waals surface area contributed by atoms with Gasteiger partial charge in [-0.2, -0.15) is 0 Å². The summed E-state index contributed by atoms with van der Waals surface area (Å²) in [7, 11) is 0. The van der Waals surface area contributed by atoms with E-state index in [0.717, 1.165) is 18.5 Å². The standard InChI is InChI=1S/C13H14N2O/c16-12-6-5-11(15-8-1-2-9-15)10-4-3-7-14-13(10)12/h3-7,16H,1-2,8-9H2. The zero-order chi connectivity index (χ0) is 11.0. The number of rotatable bonds is 1. The van der Waals surface area contributed by atoms with Gasteiger partial charge in [-0.3, -0.25) is 4.98 Å². The quantitative estimate of drug-likeness (QED) is 0.792. The Morgan fingerprint density at radius 1 is 1.12 bits per heavy atom. The van der Waals surface area contributed by atoms with E-state index in [0.29, 0.717) is 5.52 Å². The molecule has 0 radical (unpaired) electrons. The number of phenolic OH excluding ortho intramolecular Hbond substituents is 1. The van der Waals surface area contributed by atoms with Gasteiger partial charge in [-0.15, -0.1) is 0 Å². The van der Waals surface area contributed by atoms with Crippen molar-refractivity contribution in [3.63, 3.8) is 0 Å². The first kappa shape index (κ1) is 9.46. The molecule has 82 valence electrons. The van der Waals surface area contributed by atoms with E-state index in [2.05, 4.69) is 9.88 Å². The van der Waals surface area contributed by atoms with Gasteiger partial charge >= 0.3 is 0 Å². The molecular formula is C13H14N2O. The second kappa shape index (κ2) is 3.67. The van der Waals surface area contributed by atoms with Crippen molar-refractivity contribution < 1.29 is 5.11 Å². The number of aromatic nitrogens is 1. The van der Waals surface area contributed by atoms with Crippen LogP contribution in [-0.2, 0) is 0 Å². The highest BCUT2D eigenvalue weighted by atomic mass is 16.3. The lowest BCUT2D eigenvalue weighted by Crippen LogP contribution is -2.17. The van der Waals surface area contributed by atoms with E-state index in [9.17, 15) is 5.11 Å². The van der Waals surface area contributed by atoms with E-state index in [-0.39, 0.29) is 5.75 Å². The number of hydrogen-bond acceptors (Lipinski definition) is 3. The van der Waals surface area contributed by atoms with Gasteiger partial charge in [0.05, 0.1) is 0 Å². The number of aromatic hydroxyl groups is 1. The second-order valence-corrected chi connectivity index (χ2v) is 4.20. The predicted molar refractivity (Wildman–Crippen MR) is 64.9 cm³/mol. The minimum Gasteiger partial charge on any atom is -0.506 e. The van der Waals surface area contributed by atoms with Gasteiger partial charge < -0.3 is 10.0 Å². The molecule has 0 atom stereocenters. The molecule has 0 bridgehead atoms. The lowest BCUT2D eigenvalue weighted by Gasteiger charge is -2.19. The Morgan fingerprint density at radius 3 is 2.75 bits per heavy atom. The van der Waals surface area contributed by atoms with E-state index in [4.69, 9.17) is 0 Å². The third-order valence-corrected chi connectivity index (χ3v) is 3.17. The van der Waals surface area contributed by atoms with Crippen molar-refractivity contribution >= 4 is 16.6 Å². The van der Waals surface area contributed by atoms with E-state index in [1.807, 2.05) is 18.2 Å². The molecule has 1 N–H and O–H groups in total. The summed E-state index contributed by atoms with van der Waals surface area (Å²) >= 11 is 0. The van der Waals surface area contributed by atoms with Crippen LogP contribution in [0.1, 0.15) is 12.8 Å². The van der Waals surface area contributed by atoms with Crippen LogP contribution in [0, 0.1) is 0 Å². The maximum absolute atomic E-state index is 9.76. The fraction of sp³-hybridized carbons (Fsp3) is 0.308. The summed E-state index contributed by atoms with van der Waals surface area (Å²) in [4.78, 5) is 6.60. The SMILES string of the molecule is Oc1ccc(N2CCCC2)c2cccnc12. The van der Waals surface area contributed by atoms with Crippen molar-refractivity contribution in [2.75, 3.05) is 18.0 Å². The fourth-order valence-corrected chi connectivity index (χ4v) is 2.38. The molecule has 1 aromatic carbocycles. The first-order valence-corrected chi connectivity index (χ1v) is 5.68. The Hall–Kier alpha value is -1.77. The predicted octanol–water partition coefficient (Wildman–Crippen LogP) is 2.54. The van der Waals surface area contributed by atoms with Crippen molar-refractivity contribution in [3.8, 4) is 5.75 Å². The molecule has 1 aliphatic rings. The molecule has 1 aromatic heterocycles. The van der Waals surface area contributed by atoms with Crippen molar-refractivity contribution in [2.45, 2.75) is 12.8 Å². The summed E-state index contributed by atoms with van der Waals surface area (Å²) in [6.07, 6.45) is 4.22. The molecule has 3 rings (SSSR count). The summed E-state index contributed by atoms with van der Waals surface area (Å²) in [5, 5.41) is 10.8. The minimum absolute atomic E-state index is 0.263. The van der Waals surface area contributed by atoms with E-state index in [1.165, 1.54) is 18.5 Å². The Labute approximate surface area is 94.3 Å². The zero-order valence-electron chi connectivity index (χ0n) is 9.06. The molecule has 0 saturated carbocycles. The van der Waals surface area contributed by atoms with Gasteiger partial charge in [-0.1, -0.05) is 0 Å². The van der Waals surface area contributed by atoms with Crippen LogP contribution in [0.3, 0.4) is 0 Å². The monoisotopic (exact) mass is 214 g/mol. The Bertz CT molecular complexity index is 518. The molecule has 16 heavy (non-hydrogen) atoms. The largest absolute Gasteiger partial charge is 0.506 e. The Balaban J connectivity index is 2.21. The summed E-state index contributed by atoms with van der Waals surface area (Å²) in [5.41, 5.74) is 1.89. The topological polar surface area (TPSA) is 36.4 Å². The van der Waals surface area contributed by atoms with Gasteiger partial charge in [-0.25, -0.2) is 0 Å². The molecule has 1 saturated heterocycles. The van der Waals surface area contributed by atoms with Crippen molar-refractivity contribution in [1.29, 1.82) is 0 Å². The van der Waals surface area contributed by atoms with Gasteiger partial charge in [0.25, 0.3) is 0 Å². The van der Waals surface area contributed by atoms with Crippen molar-refractivity contribution in [2.24, 2.45) is 0 Å². The average Bonchev–Trinajstić information content (AvgIpc) is 2.83. The summed E-state index contributed by atoms with van der Waals surface area (Å²) in [6.45, 7) is 2.21. The van der Waals surface area contributed by atoms with Gasteiger partial charge in [0.2, 0.25) is 0 Å². The Kier molecular flexibility index (Phi) is 2.17. The summed E-state index contributed by atoms with van der Waals surface area (Å²) in [5.74, 6) is 0.263. The minimum atomic E-state index is 0.263. The van der Waals surface area contributed by atoms with Crippen molar-refractivity contribution in [3.05, 3.63) is 30.5 Å². The van der Waals surface area contributed by atoms with Gasteiger partial charge in [0.1, 0.15) is 11.3 Å². The molecule has 3 heteroatoms. The lowest BCUT2D eigenvalue weighted by atomic mass is 10.1. The van der Waals surface area contributed by atoms with Crippen LogP contribution in [0.5, 0.6) is 5.75 Å². The molecule has 3 nitrogen and oxygen atoms in total. The number of pyridine rings is 1. The maximum Gasteiger partial charge on any atom is 0.141 e. The average molecular weight is 214 g/mol.